The smallest absolute Gasteiger partial charge is 0.160 e. The maximum absolute atomic E-state index is 5.28. The number of hydrogen-bond acceptors (Lipinski definition) is 3. The van der Waals surface area contributed by atoms with Crippen LogP contribution in [0.5, 0.6) is 0 Å². The normalized spacial score (nSPS) is 13.2. The van der Waals surface area contributed by atoms with Crippen LogP contribution >= 0.6 is 11.3 Å². The molecule has 50 heavy (non-hydrogen) atoms. The molecule has 0 N–H and O–H groups in total. The maximum atomic E-state index is 5.28. The third-order valence-electron chi connectivity index (χ3n) is 10.4. The predicted molar refractivity (Wildman–Crippen MR) is 212 cm³/mol. The molecule has 9 aromatic rings. The van der Waals surface area contributed by atoms with E-state index in [-0.39, 0.29) is 5.41 Å². The Kier molecular flexibility index (Phi) is 6.43. The second-order valence-corrected chi connectivity index (χ2v) is 14.9. The summed E-state index contributed by atoms with van der Waals surface area (Å²) in [5.74, 6) is 0.729. The van der Waals surface area contributed by atoms with Gasteiger partial charge in [0.2, 0.25) is 0 Å². The van der Waals surface area contributed by atoms with Crippen molar-refractivity contribution in [2.75, 3.05) is 0 Å². The summed E-state index contributed by atoms with van der Waals surface area (Å²) < 4.78 is 1.32. The Hall–Kier alpha value is -5.90. The van der Waals surface area contributed by atoms with Crippen LogP contribution in [-0.4, -0.2) is 9.97 Å². The van der Waals surface area contributed by atoms with E-state index in [1.54, 1.807) is 0 Å². The van der Waals surface area contributed by atoms with Crippen molar-refractivity contribution in [3.8, 4) is 55.5 Å². The van der Waals surface area contributed by atoms with E-state index in [2.05, 4.69) is 166 Å². The number of nitrogens with zero attached hydrogens (tertiary/aromatic N) is 2. The molecule has 3 heteroatoms. The standard InChI is InChI=1S/C47H32N2S/c1-47(2)39-17-10-16-37(45(39)38-25-30-13-6-7-14-31(30)26-40(38)47)42-28-41(48-46(49-42)29-11-4-3-5-12-29)34-21-19-33-24-36(22-20-32(33)23-34)44-27-35-15-8-9-18-43(35)50-44/h3-28H,1-2H3. The monoisotopic (exact) mass is 656 g/mol. The molecular weight excluding hydrogens is 625 g/mol. The molecule has 10 rings (SSSR count). The van der Waals surface area contributed by atoms with Gasteiger partial charge in [-0.2, -0.15) is 0 Å². The van der Waals surface area contributed by atoms with Crippen LogP contribution in [-0.2, 0) is 5.41 Å². The van der Waals surface area contributed by atoms with Crippen molar-refractivity contribution in [2.24, 2.45) is 0 Å². The highest BCUT2D eigenvalue weighted by Gasteiger charge is 2.37. The van der Waals surface area contributed by atoms with Gasteiger partial charge in [0, 0.05) is 31.7 Å². The lowest BCUT2D eigenvalue weighted by atomic mass is 9.81. The first kappa shape index (κ1) is 29.1. The van der Waals surface area contributed by atoms with Crippen LogP contribution in [0.4, 0.5) is 0 Å². The van der Waals surface area contributed by atoms with Crippen molar-refractivity contribution in [1.29, 1.82) is 0 Å². The highest BCUT2D eigenvalue weighted by atomic mass is 32.1. The molecule has 0 saturated carbocycles. The van der Waals surface area contributed by atoms with E-state index in [9.17, 15) is 0 Å². The van der Waals surface area contributed by atoms with Crippen LogP contribution in [0.3, 0.4) is 0 Å². The van der Waals surface area contributed by atoms with E-state index in [0.29, 0.717) is 0 Å². The van der Waals surface area contributed by atoms with Crippen LogP contribution in [0.1, 0.15) is 25.0 Å². The van der Waals surface area contributed by atoms with Gasteiger partial charge in [-0.15, -0.1) is 11.3 Å². The van der Waals surface area contributed by atoms with Gasteiger partial charge in [0.15, 0.2) is 5.82 Å². The summed E-state index contributed by atoms with van der Waals surface area (Å²) in [6, 6.07) is 57.1. The molecule has 2 heterocycles. The topological polar surface area (TPSA) is 25.8 Å². The Bertz CT molecular complexity index is 2760. The van der Waals surface area contributed by atoms with Gasteiger partial charge < -0.3 is 0 Å². The number of thiophene rings is 1. The van der Waals surface area contributed by atoms with E-state index in [4.69, 9.17) is 9.97 Å². The zero-order valence-corrected chi connectivity index (χ0v) is 28.6. The van der Waals surface area contributed by atoms with Crippen LogP contribution in [0.2, 0.25) is 0 Å². The van der Waals surface area contributed by atoms with Gasteiger partial charge >= 0.3 is 0 Å². The van der Waals surface area contributed by atoms with Gasteiger partial charge in [0.1, 0.15) is 0 Å². The number of rotatable bonds is 4. The van der Waals surface area contributed by atoms with Crippen LogP contribution < -0.4 is 0 Å². The van der Waals surface area contributed by atoms with Crippen molar-refractivity contribution < 1.29 is 0 Å². The number of aromatic nitrogens is 2. The van der Waals surface area contributed by atoms with Crippen LogP contribution in [0.25, 0.3) is 87.1 Å². The largest absolute Gasteiger partial charge is 0.228 e. The molecule has 0 radical (unpaired) electrons. The van der Waals surface area contributed by atoms with Crippen molar-refractivity contribution in [1.82, 2.24) is 9.97 Å². The summed E-state index contributed by atoms with van der Waals surface area (Å²) in [5, 5.41) is 6.23. The molecule has 0 atom stereocenters. The van der Waals surface area contributed by atoms with E-state index in [1.165, 1.54) is 64.3 Å². The SMILES string of the molecule is CC1(C)c2cc3ccccc3cc2-c2c(-c3cc(-c4ccc5cc(-c6cc7ccccc7s6)ccc5c4)nc(-c4ccccc4)n3)cccc21. The summed E-state index contributed by atoms with van der Waals surface area (Å²) in [7, 11) is 0. The van der Waals surface area contributed by atoms with Crippen molar-refractivity contribution in [3.05, 3.63) is 169 Å². The molecule has 0 fully saturated rings. The van der Waals surface area contributed by atoms with E-state index < -0.39 is 0 Å². The Labute approximate surface area is 295 Å². The Morgan fingerprint density at radius 2 is 1.10 bits per heavy atom. The molecule has 0 saturated heterocycles. The highest BCUT2D eigenvalue weighted by molar-refractivity contribution is 7.22. The lowest BCUT2D eigenvalue weighted by Gasteiger charge is -2.22. The Balaban J connectivity index is 1.13. The maximum Gasteiger partial charge on any atom is 0.160 e. The first-order valence-corrected chi connectivity index (χ1v) is 18.0. The van der Waals surface area contributed by atoms with Crippen molar-refractivity contribution in [3.63, 3.8) is 0 Å². The molecular formula is C47H32N2S. The first-order chi connectivity index (χ1) is 24.5. The summed E-state index contributed by atoms with van der Waals surface area (Å²) in [6.45, 7) is 4.69. The first-order valence-electron chi connectivity index (χ1n) is 17.1. The molecule has 0 aliphatic heterocycles. The average Bonchev–Trinajstić information content (AvgIpc) is 3.70. The molecule has 2 aromatic heterocycles. The molecule has 0 spiro atoms. The van der Waals surface area contributed by atoms with Gasteiger partial charge in [0.05, 0.1) is 11.4 Å². The fourth-order valence-corrected chi connectivity index (χ4v) is 8.88. The Morgan fingerprint density at radius 1 is 0.440 bits per heavy atom. The lowest BCUT2D eigenvalue weighted by Crippen LogP contribution is -2.14. The van der Waals surface area contributed by atoms with Gasteiger partial charge in [-0.05, 0) is 97.2 Å². The zero-order valence-electron chi connectivity index (χ0n) is 27.8. The zero-order chi connectivity index (χ0) is 33.4. The second-order valence-electron chi connectivity index (χ2n) is 13.9. The van der Waals surface area contributed by atoms with E-state index in [0.717, 1.165) is 33.9 Å². The number of hydrogen-bond donors (Lipinski definition) is 0. The van der Waals surface area contributed by atoms with Crippen molar-refractivity contribution in [2.45, 2.75) is 19.3 Å². The molecule has 0 bridgehead atoms. The van der Waals surface area contributed by atoms with Gasteiger partial charge in [-0.3, -0.25) is 0 Å². The minimum atomic E-state index is -0.129. The molecule has 1 aliphatic carbocycles. The second kappa shape index (κ2) is 11.1. The molecule has 0 amide bonds. The molecule has 236 valence electrons. The molecule has 2 nitrogen and oxygen atoms in total. The highest BCUT2D eigenvalue weighted by Crippen LogP contribution is 2.53. The average molecular weight is 657 g/mol. The lowest BCUT2D eigenvalue weighted by molar-refractivity contribution is 0.661. The minimum Gasteiger partial charge on any atom is -0.228 e. The van der Waals surface area contributed by atoms with Crippen molar-refractivity contribution >= 4 is 43.0 Å². The third-order valence-corrected chi connectivity index (χ3v) is 11.6. The van der Waals surface area contributed by atoms with Gasteiger partial charge in [-0.1, -0.05) is 129 Å². The van der Waals surface area contributed by atoms with Gasteiger partial charge in [0.25, 0.3) is 0 Å². The minimum absolute atomic E-state index is 0.129. The fraction of sp³-hybridized carbons (Fsp3) is 0.0638. The predicted octanol–water partition coefficient (Wildman–Crippen LogP) is 13.0. The quantitative estimate of drug-likeness (QED) is 0.188. The summed E-state index contributed by atoms with van der Waals surface area (Å²) >= 11 is 1.85. The van der Waals surface area contributed by atoms with Crippen LogP contribution in [0, 0.1) is 0 Å². The summed E-state index contributed by atoms with van der Waals surface area (Å²) in [5.41, 5.74) is 11.4. The van der Waals surface area contributed by atoms with Gasteiger partial charge in [-0.25, -0.2) is 9.97 Å². The van der Waals surface area contributed by atoms with E-state index >= 15 is 0 Å². The Morgan fingerprint density at radius 3 is 1.90 bits per heavy atom. The van der Waals surface area contributed by atoms with Crippen LogP contribution in [0.15, 0.2) is 158 Å². The molecule has 7 aromatic carbocycles. The summed E-state index contributed by atoms with van der Waals surface area (Å²) in [6.07, 6.45) is 0. The fourth-order valence-electron chi connectivity index (χ4n) is 7.82. The summed E-state index contributed by atoms with van der Waals surface area (Å²) in [4.78, 5) is 11.8. The number of fused-ring (bicyclic) bond motifs is 6. The molecule has 0 unspecified atom stereocenters. The molecule has 1 aliphatic rings. The van der Waals surface area contributed by atoms with E-state index in [1.807, 2.05) is 17.4 Å². The number of benzene rings is 7. The third kappa shape index (κ3) is 4.62.